The van der Waals surface area contributed by atoms with E-state index in [0.29, 0.717) is 13.2 Å². The van der Waals surface area contributed by atoms with Crippen LogP contribution in [0.15, 0.2) is 18.2 Å². The first kappa shape index (κ1) is 16.9. The van der Waals surface area contributed by atoms with Gasteiger partial charge in [0.2, 0.25) is 0 Å². The molecule has 1 N–H and O–H groups in total. The monoisotopic (exact) mass is 295 g/mol. The Morgan fingerprint density at radius 3 is 2.71 bits per heavy atom. The maximum atomic E-state index is 11.9. The summed E-state index contributed by atoms with van der Waals surface area (Å²) in [6.45, 7) is 3.47. The molecule has 0 unspecified atom stereocenters. The lowest BCUT2D eigenvalue weighted by atomic mass is 10.1. The molecule has 0 spiro atoms. The summed E-state index contributed by atoms with van der Waals surface area (Å²) in [6.07, 6.45) is 0.817. The minimum atomic E-state index is -0.548. The lowest BCUT2D eigenvalue weighted by Crippen LogP contribution is -2.27. The summed E-state index contributed by atoms with van der Waals surface area (Å²) in [5, 5.41) is 13.7. The van der Waals surface area contributed by atoms with Crippen molar-refractivity contribution in [2.45, 2.75) is 13.3 Å². The molecule has 1 aromatic rings. The Kier molecular flexibility index (Phi) is 6.61. The summed E-state index contributed by atoms with van der Waals surface area (Å²) in [5.41, 5.74) is 0.0628. The highest BCUT2D eigenvalue weighted by atomic mass is 16.6. The SMILES string of the molecule is CCOc1ccc(C(=O)NCCCN(C)C)cc1[N+](=O)[O-]. The lowest BCUT2D eigenvalue weighted by Gasteiger charge is -2.10. The third-order valence-electron chi connectivity index (χ3n) is 2.79. The highest BCUT2D eigenvalue weighted by molar-refractivity contribution is 5.95. The van der Waals surface area contributed by atoms with Gasteiger partial charge in [-0.05, 0) is 46.1 Å². The molecule has 1 rings (SSSR count). The fraction of sp³-hybridized carbons (Fsp3) is 0.500. The van der Waals surface area contributed by atoms with Gasteiger partial charge < -0.3 is 15.0 Å². The van der Waals surface area contributed by atoms with Gasteiger partial charge in [-0.2, -0.15) is 0 Å². The van der Waals surface area contributed by atoms with Crippen LogP contribution in [0.3, 0.4) is 0 Å². The van der Waals surface area contributed by atoms with Crippen LogP contribution in [0.2, 0.25) is 0 Å². The molecule has 0 saturated heterocycles. The number of hydrogen-bond acceptors (Lipinski definition) is 5. The van der Waals surface area contributed by atoms with Crippen molar-refractivity contribution in [3.8, 4) is 5.75 Å². The van der Waals surface area contributed by atoms with E-state index in [-0.39, 0.29) is 22.9 Å². The van der Waals surface area contributed by atoms with E-state index in [1.54, 1.807) is 6.92 Å². The average molecular weight is 295 g/mol. The van der Waals surface area contributed by atoms with Crippen molar-refractivity contribution in [1.82, 2.24) is 10.2 Å². The fourth-order valence-corrected chi connectivity index (χ4v) is 1.78. The van der Waals surface area contributed by atoms with E-state index in [9.17, 15) is 14.9 Å². The number of carbonyl (C=O) groups excluding carboxylic acids is 1. The highest BCUT2D eigenvalue weighted by Gasteiger charge is 2.18. The quantitative estimate of drug-likeness (QED) is 0.448. The third-order valence-corrected chi connectivity index (χ3v) is 2.79. The highest BCUT2D eigenvalue weighted by Crippen LogP contribution is 2.27. The van der Waals surface area contributed by atoms with Crippen LogP contribution in [0.1, 0.15) is 23.7 Å². The summed E-state index contributed by atoms with van der Waals surface area (Å²) >= 11 is 0. The van der Waals surface area contributed by atoms with Gasteiger partial charge in [-0.25, -0.2) is 0 Å². The van der Waals surface area contributed by atoms with E-state index in [2.05, 4.69) is 5.32 Å². The summed E-state index contributed by atoms with van der Waals surface area (Å²) in [4.78, 5) is 24.4. The number of benzene rings is 1. The van der Waals surface area contributed by atoms with Gasteiger partial charge in [-0.1, -0.05) is 0 Å². The third kappa shape index (κ3) is 5.39. The Hall–Kier alpha value is -2.15. The number of nitro groups is 1. The second-order valence-corrected chi connectivity index (χ2v) is 4.79. The van der Waals surface area contributed by atoms with Gasteiger partial charge in [0.05, 0.1) is 11.5 Å². The molecule has 0 aromatic heterocycles. The fourth-order valence-electron chi connectivity index (χ4n) is 1.78. The number of ether oxygens (including phenoxy) is 1. The first-order chi connectivity index (χ1) is 9.95. The molecule has 0 aliphatic heterocycles. The van der Waals surface area contributed by atoms with Crippen LogP contribution in [0.5, 0.6) is 5.75 Å². The smallest absolute Gasteiger partial charge is 0.311 e. The second kappa shape index (κ2) is 8.21. The van der Waals surface area contributed by atoms with E-state index in [4.69, 9.17) is 4.74 Å². The Morgan fingerprint density at radius 1 is 1.43 bits per heavy atom. The van der Waals surface area contributed by atoms with Gasteiger partial charge in [0.1, 0.15) is 0 Å². The van der Waals surface area contributed by atoms with Crippen LogP contribution in [0.25, 0.3) is 0 Å². The predicted octanol–water partition coefficient (Wildman–Crippen LogP) is 1.67. The molecule has 21 heavy (non-hydrogen) atoms. The molecule has 0 fully saturated rings. The largest absolute Gasteiger partial charge is 0.487 e. The van der Waals surface area contributed by atoms with Crippen LogP contribution in [-0.4, -0.2) is 49.5 Å². The molecule has 0 radical (unpaired) electrons. The van der Waals surface area contributed by atoms with Crippen molar-refractivity contribution < 1.29 is 14.5 Å². The number of nitro benzene ring substituents is 1. The molecule has 116 valence electrons. The zero-order valence-corrected chi connectivity index (χ0v) is 12.6. The molecular formula is C14H21N3O4. The molecule has 0 saturated carbocycles. The molecule has 1 amide bonds. The zero-order chi connectivity index (χ0) is 15.8. The molecule has 0 aliphatic rings. The maximum Gasteiger partial charge on any atom is 0.311 e. The van der Waals surface area contributed by atoms with Crippen LogP contribution in [0.4, 0.5) is 5.69 Å². The number of nitrogens with one attached hydrogen (secondary N) is 1. The van der Waals surface area contributed by atoms with E-state index >= 15 is 0 Å². The van der Waals surface area contributed by atoms with E-state index < -0.39 is 4.92 Å². The van der Waals surface area contributed by atoms with Gasteiger partial charge in [-0.3, -0.25) is 14.9 Å². The summed E-state index contributed by atoms with van der Waals surface area (Å²) in [6, 6.07) is 4.22. The Morgan fingerprint density at radius 2 is 2.14 bits per heavy atom. The molecular weight excluding hydrogens is 274 g/mol. The van der Waals surface area contributed by atoms with Crippen molar-refractivity contribution >= 4 is 11.6 Å². The molecule has 7 heteroatoms. The van der Waals surface area contributed by atoms with E-state index in [1.807, 2.05) is 19.0 Å². The maximum absolute atomic E-state index is 11.9. The van der Waals surface area contributed by atoms with Gasteiger partial charge >= 0.3 is 5.69 Å². The predicted molar refractivity (Wildman–Crippen MR) is 79.8 cm³/mol. The van der Waals surface area contributed by atoms with Crippen molar-refractivity contribution in [3.05, 3.63) is 33.9 Å². The Labute approximate surface area is 124 Å². The molecule has 7 nitrogen and oxygen atoms in total. The topological polar surface area (TPSA) is 84.7 Å². The Bertz CT molecular complexity index is 503. The zero-order valence-electron chi connectivity index (χ0n) is 12.6. The van der Waals surface area contributed by atoms with Crippen LogP contribution in [0, 0.1) is 10.1 Å². The van der Waals surface area contributed by atoms with Crippen molar-refractivity contribution in [2.75, 3.05) is 33.8 Å². The van der Waals surface area contributed by atoms with Crippen LogP contribution in [-0.2, 0) is 0 Å². The summed E-state index contributed by atoms with van der Waals surface area (Å²) in [7, 11) is 3.91. The molecule has 0 atom stereocenters. The van der Waals surface area contributed by atoms with Crippen molar-refractivity contribution in [2.24, 2.45) is 0 Å². The summed E-state index contributed by atoms with van der Waals surface area (Å²) in [5.74, 6) is -0.147. The van der Waals surface area contributed by atoms with Crippen molar-refractivity contribution in [1.29, 1.82) is 0 Å². The second-order valence-electron chi connectivity index (χ2n) is 4.79. The lowest BCUT2D eigenvalue weighted by molar-refractivity contribution is -0.385. The first-order valence-corrected chi connectivity index (χ1v) is 6.80. The Balaban J connectivity index is 2.72. The standard InChI is InChI=1S/C14H21N3O4/c1-4-21-13-7-6-11(10-12(13)17(19)20)14(18)15-8-5-9-16(2)3/h6-7,10H,4-5,8-9H2,1-3H3,(H,15,18). The summed E-state index contributed by atoms with van der Waals surface area (Å²) < 4.78 is 5.18. The van der Waals surface area contributed by atoms with Gasteiger partial charge in [0, 0.05) is 18.2 Å². The average Bonchev–Trinajstić information content (AvgIpc) is 2.43. The number of carbonyl (C=O) groups is 1. The minimum absolute atomic E-state index is 0.173. The van der Waals surface area contributed by atoms with Crippen LogP contribution >= 0.6 is 0 Å². The van der Waals surface area contributed by atoms with E-state index in [0.717, 1.165) is 13.0 Å². The first-order valence-electron chi connectivity index (χ1n) is 6.80. The molecule has 0 heterocycles. The number of amides is 1. The number of nitrogens with zero attached hydrogens (tertiary/aromatic N) is 2. The molecule has 1 aromatic carbocycles. The molecule has 0 aliphatic carbocycles. The van der Waals surface area contributed by atoms with E-state index in [1.165, 1.54) is 18.2 Å². The van der Waals surface area contributed by atoms with Gasteiger partial charge in [0.25, 0.3) is 5.91 Å². The minimum Gasteiger partial charge on any atom is -0.487 e. The normalized spacial score (nSPS) is 10.5. The number of hydrogen-bond donors (Lipinski definition) is 1. The van der Waals surface area contributed by atoms with Gasteiger partial charge in [-0.15, -0.1) is 0 Å². The van der Waals surface area contributed by atoms with Gasteiger partial charge in [0.15, 0.2) is 5.75 Å². The molecule has 0 bridgehead atoms. The number of rotatable bonds is 8. The van der Waals surface area contributed by atoms with Crippen molar-refractivity contribution in [3.63, 3.8) is 0 Å². The van der Waals surface area contributed by atoms with Crippen LogP contribution < -0.4 is 10.1 Å².